The van der Waals surface area contributed by atoms with E-state index < -0.39 is 11.6 Å². The fourth-order valence-electron chi connectivity index (χ4n) is 1.90. The van der Waals surface area contributed by atoms with Gasteiger partial charge < -0.3 is 4.74 Å². The molecule has 0 saturated heterocycles. The van der Waals surface area contributed by atoms with E-state index in [1.54, 1.807) is 25.3 Å². The summed E-state index contributed by atoms with van der Waals surface area (Å²) in [4.78, 5) is 0. The zero-order valence-corrected chi connectivity index (χ0v) is 10.4. The molecular weight excluding hydrogens is 246 g/mol. The molecule has 0 bridgehead atoms. The van der Waals surface area contributed by atoms with Crippen LogP contribution >= 0.6 is 0 Å². The maximum absolute atomic E-state index is 13.7. The van der Waals surface area contributed by atoms with Gasteiger partial charge in [0.25, 0.3) is 0 Å². The second-order valence-electron chi connectivity index (χ2n) is 4.07. The summed E-state index contributed by atoms with van der Waals surface area (Å²) in [6, 6.07) is 8.70. The van der Waals surface area contributed by atoms with Crippen LogP contribution in [0.1, 0.15) is 11.1 Å². The van der Waals surface area contributed by atoms with Crippen molar-refractivity contribution >= 4 is 0 Å². The molecule has 2 aromatic rings. The number of hydrogen-bond acceptors (Lipinski definition) is 1. The van der Waals surface area contributed by atoms with Gasteiger partial charge in [-0.15, -0.1) is 6.42 Å². The number of rotatable bonds is 3. The molecule has 0 amide bonds. The Morgan fingerprint density at radius 1 is 1.16 bits per heavy atom. The van der Waals surface area contributed by atoms with Gasteiger partial charge in [0, 0.05) is 24.3 Å². The maximum Gasteiger partial charge on any atom is 0.133 e. The van der Waals surface area contributed by atoms with E-state index in [0.29, 0.717) is 23.3 Å². The Labute approximate surface area is 110 Å². The normalized spacial score (nSPS) is 10.2. The third-order valence-electron chi connectivity index (χ3n) is 2.80. The summed E-state index contributed by atoms with van der Waals surface area (Å²) in [5, 5.41) is 0. The topological polar surface area (TPSA) is 9.23 Å². The van der Waals surface area contributed by atoms with Crippen molar-refractivity contribution in [2.24, 2.45) is 0 Å². The molecule has 0 N–H and O–H groups in total. The predicted molar refractivity (Wildman–Crippen MR) is 70.4 cm³/mol. The SMILES string of the molecule is C#Cc1ccc(-c2ccc(F)cc2F)cc1COC. The maximum atomic E-state index is 13.7. The molecule has 0 unspecified atom stereocenters. The Morgan fingerprint density at radius 3 is 2.58 bits per heavy atom. The Balaban J connectivity index is 2.51. The second-order valence-corrected chi connectivity index (χ2v) is 4.07. The van der Waals surface area contributed by atoms with Gasteiger partial charge in [-0.3, -0.25) is 0 Å². The molecule has 3 heteroatoms. The molecule has 0 saturated carbocycles. The Hall–Kier alpha value is -2.18. The summed E-state index contributed by atoms with van der Waals surface area (Å²) in [6.07, 6.45) is 5.39. The van der Waals surface area contributed by atoms with Crippen molar-refractivity contribution in [3.63, 3.8) is 0 Å². The first kappa shape index (κ1) is 13.3. The molecule has 0 radical (unpaired) electrons. The van der Waals surface area contributed by atoms with Gasteiger partial charge in [0.15, 0.2) is 0 Å². The Bertz CT molecular complexity index is 642. The third kappa shape index (κ3) is 2.81. The molecule has 0 aliphatic rings. The van der Waals surface area contributed by atoms with Crippen LogP contribution in [0.4, 0.5) is 8.78 Å². The molecule has 0 atom stereocenters. The van der Waals surface area contributed by atoms with Gasteiger partial charge in [-0.05, 0) is 35.4 Å². The van der Waals surface area contributed by atoms with Gasteiger partial charge >= 0.3 is 0 Å². The monoisotopic (exact) mass is 258 g/mol. The highest BCUT2D eigenvalue weighted by atomic mass is 19.1. The molecule has 2 aromatic carbocycles. The lowest BCUT2D eigenvalue weighted by Crippen LogP contribution is -1.94. The number of hydrogen-bond donors (Lipinski definition) is 0. The smallest absolute Gasteiger partial charge is 0.133 e. The van der Waals surface area contributed by atoms with Crippen molar-refractivity contribution < 1.29 is 13.5 Å². The van der Waals surface area contributed by atoms with Gasteiger partial charge in [0.05, 0.1) is 6.61 Å². The van der Waals surface area contributed by atoms with Crippen LogP contribution in [0.5, 0.6) is 0 Å². The molecule has 0 spiro atoms. The summed E-state index contributed by atoms with van der Waals surface area (Å²) in [5.41, 5.74) is 2.48. The average molecular weight is 258 g/mol. The highest BCUT2D eigenvalue weighted by molar-refractivity contribution is 5.66. The number of halogens is 2. The summed E-state index contributed by atoms with van der Waals surface area (Å²) in [7, 11) is 1.56. The first-order valence-corrected chi connectivity index (χ1v) is 5.69. The molecule has 0 heterocycles. The molecule has 1 nitrogen and oxygen atoms in total. The fourth-order valence-corrected chi connectivity index (χ4v) is 1.90. The second kappa shape index (κ2) is 5.64. The van der Waals surface area contributed by atoms with Crippen LogP contribution < -0.4 is 0 Å². The van der Waals surface area contributed by atoms with Crippen LogP contribution in [0.2, 0.25) is 0 Å². The fraction of sp³-hybridized carbons (Fsp3) is 0.125. The van der Waals surface area contributed by atoms with E-state index in [1.807, 2.05) is 0 Å². The molecule has 0 aromatic heterocycles. The van der Waals surface area contributed by atoms with Gasteiger partial charge in [-0.25, -0.2) is 8.78 Å². The first-order chi connectivity index (χ1) is 9.15. The summed E-state index contributed by atoms with van der Waals surface area (Å²) < 4.78 is 31.7. The minimum absolute atomic E-state index is 0.335. The van der Waals surface area contributed by atoms with Gasteiger partial charge in [-0.1, -0.05) is 12.0 Å². The first-order valence-electron chi connectivity index (χ1n) is 5.69. The molecule has 96 valence electrons. The molecular formula is C16H12F2O. The van der Waals surface area contributed by atoms with Crippen LogP contribution in [0, 0.1) is 24.0 Å². The Kier molecular flexibility index (Phi) is 3.94. The Morgan fingerprint density at radius 2 is 1.95 bits per heavy atom. The lowest BCUT2D eigenvalue weighted by molar-refractivity contribution is 0.184. The van der Waals surface area contributed by atoms with Crippen LogP contribution in [0.25, 0.3) is 11.1 Å². The van der Waals surface area contributed by atoms with Crippen LogP contribution in [-0.4, -0.2) is 7.11 Å². The zero-order valence-electron chi connectivity index (χ0n) is 10.4. The highest BCUT2D eigenvalue weighted by Crippen LogP contribution is 2.26. The minimum atomic E-state index is -0.600. The van der Waals surface area contributed by atoms with E-state index in [0.717, 1.165) is 11.6 Å². The van der Waals surface area contributed by atoms with Crippen molar-refractivity contribution in [3.05, 3.63) is 59.2 Å². The van der Waals surface area contributed by atoms with Crippen molar-refractivity contribution in [1.29, 1.82) is 0 Å². The van der Waals surface area contributed by atoms with Crippen LogP contribution in [0.15, 0.2) is 36.4 Å². The quantitative estimate of drug-likeness (QED) is 0.762. The van der Waals surface area contributed by atoms with Gasteiger partial charge in [-0.2, -0.15) is 0 Å². The van der Waals surface area contributed by atoms with Crippen LogP contribution in [0.3, 0.4) is 0 Å². The molecule has 0 aliphatic carbocycles. The predicted octanol–water partition coefficient (Wildman–Crippen LogP) is 3.76. The zero-order chi connectivity index (χ0) is 13.8. The summed E-state index contributed by atoms with van der Waals surface area (Å²) >= 11 is 0. The largest absolute Gasteiger partial charge is 0.380 e. The number of terminal acetylenes is 1. The van der Waals surface area contributed by atoms with E-state index in [4.69, 9.17) is 11.2 Å². The van der Waals surface area contributed by atoms with Crippen molar-refractivity contribution in [2.75, 3.05) is 7.11 Å². The van der Waals surface area contributed by atoms with Crippen molar-refractivity contribution in [1.82, 2.24) is 0 Å². The van der Waals surface area contributed by atoms with Gasteiger partial charge in [0.1, 0.15) is 11.6 Å². The molecule has 0 fully saturated rings. The average Bonchev–Trinajstić information content (AvgIpc) is 2.39. The van der Waals surface area contributed by atoms with Crippen LogP contribution in [-0.2, 0) is 11.3 Å². The van der Waals surface area contributed by atoms with Crippen molar-refractivity contribution in [2.45, 2.75) is 6.61 Å². The summed E-state index contributed by atoms with van der Waals surface area (Å²) in [6.45, 7) is 0.343. The summed E-state index contributed by atoms with van der Waals surface area (Å²) in [5.74, 6) is 1.35. The number of methoxy groups -OCH3 is 1. The highest BCUT2D eigenvalue weighted by Gasteiger charge is 2.09. The molecule has 19 heavy (non-hydrogen) atoms. The van der Waals surface area contributed by atoms with E-state index in [2.05, 4.69) is 5.92 Å². The number of benzene rings is 2. The van der Waals surface area contributed by atoms with E-state index in [-0.39, 0.29) is 0 Å². The molecule has 0 aliphatic heterocycles. The van der Waals surface area contributed by atoms with Gasteiger partial charge in [0.2, 0.25) is 0 Å². The van der Waals surface area contributed by atoms with E-state index >= 15 is 0 Å². The van der Waals surface area contributed by atoms with E-state index in [9.17, 15) is 8.78 Å². The third-order valence-corrected chi connectivity index (χ3v) is 2.80. The lowest BCUT2D eigenvalue weighted by Gasteiger charge is -2.08. The van der Waals surface area contributed by atoms with Crippen molar-refractivity contribution in [3.8, 4) is 23.5 Å². The lowest BCUT2D eigenvalue weighted by atomic mass is 9.99. The standard InChI is InChI=1S/C16H12F2O/c1-3-11-4-5-12(8-13(11)10-19-2)15-7-6-14(17)9-16(15)18/h1,4-9H,10H2,2H3. The minimum Gasteiger partial charge on any atom is -0.380 e. The molecule has 2 rings (SSSR count). The number of ether oxygens (including phenoxy) is 1. The van der Waals surface area contributed by atoms with E-state index in [1.165, 1.54) is 12.1 Å².